The van der Waals surface area contributed by atoms with Gasteiger partial charge >= 0.3 is 5.97 Å². The molecule has 3 aromatic carbocycles. The third-order valence-electron chi connectivity index (χ3n) is 5.32. The Morgan fingerprint density at radius 2 is 1.63 bits per heavy atom. The average Bonchev–Trinajstić information content (AvgIpc) is 2.87. The van der Waals surface area contributed by atoms with E-state index in [0.717, 1.165) is 11.1 Å². The van der Waals surface area contributed by atoms with E-state index in [1.54, 1.807) is 24.3 Å². The number of nitrogens with zero attached hydrogens (tertiary/aromatic N) is 1. The van der Waals surface area contributed by atoms with Crippen LogP contribution in [0.2, 0.25) is 0 Å². The van der Waals surface area contributed by atoms with E-state index in [1.807, 2.05) is 37.3 Å². The molecule has 0 aliphatic carbocycles. The molecule has 0 saturated carbocycles. The smallest absolute Gasteiger partial charge is 0.307 e. The Morgan fingerprint density at radius 1 is 0.943 bits per heavy atom. The average molecular weight is 497 g/mol. The molecular weight excluding hydrogens is 468 g/mol. The van der Waals surface area contributed by atoms with Gasteiger partial charge in [0.15, 0.2) is 0 Å². The molecule has 0 atom stereocenters. The predicted molar refractivity (Wildman–Crippen MR) is 133 cm³/mol. The number of aryl methyl sites for hydroxylation is 1. The molecule has 35 heavy (non-hydrogen) atoms. The Labute approximate surface area is 205 Å². The highest BCUT2D eigenvalue weighted by atomic mass is 32.2. The monoisotopic (exact) mass is 496 g/mol. The topological polar surface area (TPSA) is 102 Å². The van der Waals surface area contributed by atoms with E-state index in [1.165, 1.54) is 37.3 Å². The summed E-state index contributed by atoms with van der Waals surface area (Å²) in [4.78, 5) is 26.5. The van der Waals surface area contributed by atoms with Crippen molar-refractivity contribution in [3.05, 3.63) is 89.5 Å². The lowest BCUT2D eigenvalue weighted by molar-refractivity contribution is -0.140. The minimum Gasteiger partial charge on any atom is -0.495 e. The quantitative estimate of drug-likeness (QED) is 0.426. The first kappa shape index (κ1) is 25.8. The minimum absolute atomic E-state index is 0.00532. The maximum atomic E-state index is 13.4. The van der Waals surface area contributed by atoms with Crippen molar-refractivity contribution in [3.8, 4) is 5.75 Å². The number of ether oxygens (including phenoxy) is 2. The molecule has 0 spiro atoms. The van der Waals surface area contributed by atoms with Gasteiger partial charge in [0, 0.05) is 24.3 Å². The zero-order chi connectivity index (χ0) is 25.4. The van der Waals surface area contributed by atoms with Crippen molar-refractivity contribution in [1.29, 1.82) is 0 Å². The fraction of sp³-hybridized carbons (Fsp3) is 0.231. The summed E-state index contributed by atoms with van der Waals surface area (Å²) in [5.74, 6) is -0.770. The molecule has 0 fully saturated rings. The van der Waals surface area contributed by atoms with Gasteiger partial charge in [0.05, 0.1) is 20.6 Å². The van der Waals surface area contributed by atoms with Gasteiger partial charge in [-0.15, -0.1) is 0 Å². The fourth-order valence-electron chi connectivity index (χ4n) is 3.42. The number of amides is 1. The van der Waals surface area contributed by atoms with Crippen LogP contribution >= 0.6 is 0 Å². The van der Waals surface area contributed by atoms with Crippen LogP contribution in [0.25, 0.3) is 0 Å². The van der Waals surface area contributed by atoms with Crippen LogP contribution in [0.1, 0.15) is 27.9 Å². The Bertz CT molecular complexity index is 1270. The van der Waals surface area contributed by atoms with Crippen molar-refractivity contribution >= 4 is 27.6 Å². The van der Waals surface area contributed by atoms with Gasteiger partial charge in [-0.25, -0.2) is 8.42 Å². The van der Waals surface area contributed by atoms with Crippen molar-refractivity contribution in [3.63, 3.8) is 0 Å². The number of hydrogen-bond donors (Lipinski definition) is 1. The van der Waals surface area contributed by atoms with Crippen LogP contribution in [0.15, 0.2) is 77.7 Å². The summed E-state index contributed by atoms with van der Waals surface area (Å²) in [6, 6.07) is 20.4. The number of esters is 1. The van der Waals surface area contributed by atoms with Crippen molar-refractivity contribution in [1.82, 2.24) is 4.90 Å². The molecule has 0 saturated heterocycles. The number of nitrogens with one attached hydrogen (secondary N) is 1. The Morgan fingerprint density at radius 3 is 2.26 bits per heavy atom. The van der Waals surface area contributed by atoms with E-state index in [4.69, 9.17) is 9.47 Å². The highest BCUT2D eigenvalue weighted by molar-refractivity contribution is 7.92. The second-order valence-corrected chi connectivity index (χ2v) is 9.53. The van der Waals surface area contributed by atoms with Gasteiger partial charge in [0.25, 0.3) is 15.9 Å². The van der Waals surface area contributed by atoms with E-state index in [9.17, 15) is 18.0 Å². The molecule has 0 aliphatic heterocycles. The minimum atomic E-state index is -4.06. The standard InChI is InChI=1S/C26H28N2O6S/c1-19-9-12-22(13-10-19)27-35(31,32)24-17-21(11-14-23(24)33-2)26(30)28(16-15-25(29)34-3)18-20-7-5-4-6-8-20/h4-14,17,27H,15-16,18H2,1-3H3. The van der Waals surface area contributed by atoms with Gasteiger partial charge in [0.2, 0.25) is 0 Å². The molecule has 0 aromatic heterocycles. The summed E-state index contributed by atoms with van der Waals surface area (Å²) in [7, 11) is -1.41. The van der Waals surface area contributed by atoms with Crippen molar-refractivity contribution in [2.24, 2.45) is 0 Å². The lowest BCUT2D eigenvalue weighted by Crippen LogP contribution is -2.33. The molecular formula is C26H28N2O6S. The molecule has 0 unspecified atom stereocenters. The summed E-state index contributed by atoms with van der Waals surface area (Å²) in [5.41, 5.74) is 2.39. The fourth-order valence-corrected chi connectivity index (χ4v) is 4.67. The third-order valence-corrected chi connectivity index (χ3v) is 6.72. The summed E-state index contributed by atoms with van der Waals surface area (Å²) in [6.45, 7) is 2.25. The lowest BCUT2D eigenvalue weighted by Gasteiger charge is -2.23. The maximum absolute atomic E-state index is 13.4. The van der Waals surface area contributed by atoms with Crippen LogP contribution in [0, 0.1) is 6.92 Å². The number of methoxy groups -OCH3 is 2. The van der Waals surface area contributed by atoms with Crippen LogP contribution in [-0.4, -0.2) is 46.0 Å². The van der Waals surface area contributed by atoms with E-state index in [0.29, 0.717) is 5.69 Å². The van der Waals surface area contributed by atoms with Gasteiger partial charge in [-0.3, -0.25) is 14.3 Å². The van der Waals surface area contributed by atoms with Crippen LogP contribution in [0.5, 0.6) is 5.75 Å². The largest absolute Gasteiger partial charge is 0.495 e. The highest BCUT2D eigenvalue weighted by Gasteiger charge is 2.24. The molecule has 0 bridgehead atoms. The number of rotatable bonds is 10. The molecule has 3 aromatic rings. The zero-order valence-electron chi connectivity index (χ0n) is 19.9. The zero-order valence-corrected chi connectivity index (χ0v) is 20.7. The number of carbonyl (C=O) groups is 2. The molecule has 3 rings (SSSR count). The van der Waals surface area contributed by atoms with Crippen LogP contribution in [-0.2, 0) is 26.1 Å². The first-order valence-corrected chi connectivity index (χ1v) is 12.4. The molecule has 0 aliphatic rings. The van der Waals surface area contributed by atoms with Crippen LogP contribution in [0.4, 0.5) is 5.69 Å². The van der Waals surface area contributed by atoms with E-state index in [2.05, 4.69) is 4.72 Å². The van der Waals surface area contributed by atoms with Gasteiger partial charge in [0.1, 0.15) is 10.6 Å². The highest BCUT2D eigenvalue weighted by Crippen LogP contribution is 2.28. The summed E-state index contributed by atoms with van der Waals surface area (Å²) >= 11 is 0. The second-order valence-electron chi connectivity index (χ2n) is 7.88. The van der Waals surface area contributed by atoms with Crippen molar-refractivity contribution in [2.75, 3.05) is 25.5 Å². The Hall–Kier alpha value is -3.85. The third kappa shape index (κ3) is 6.83. The van der Waals surface area contributed by atoms with Gasteiger partial charge in [-0.2, -0.15) is 0 Å². The van der Waals surface area contributed by atoms with Gasteiger partial charge in [-0.05, 0) is 42.8 Å². The molecule has 0 heterocycles. The SMILES string of the molecule is COC(=O)CCN(Cc1ccccc1)C(=O)c1ccc(OC)c(S(=O)(=O)Nc2ccc(C)cc2)c1. The Kier molecular flexibility index (Phi) is 8.48. The number of carbonyl (C=O) groups excluding carboxylic acids is 2. The van der Waals surface area contributed by atoms with Crippen molar-refractivity contribution < 1.29 is 27.5 Å². The second kappa shape index (κ2) is 11.5. The van der Waals surface area contributed by atoms with E-state index >= 15 is 0 Å². The predicted octanol–water partition coefficient (Wildman–Crippen LogP) is 4.01. The van der Waals surface area contributed by atoms with Crippen molar-refractivity contribution in [2.45, 2.75) is 24.8 Å². The maximum Gasteiger partial charge on any atom is 0.307 e. The first-order chi connectivity index (χ1) is 16.7. The van der Waals surface area contributed by atoms with E-state index in [-0.39, 0.29) is 35.7 Å². The molecule has 1 amide bonds. The normalized spacial score (nSPS) is 10.9. The molecule has 9 heteroatoms. The number of hydrogen-bond acceptors (Lipinski definition) is 6. The summed E-state index contributed by atoms with van der Waals surface area (Å²) < 4.78 is 38.9. The van der Waals surface area contributed by atoms with Gasteiger partial charge < -0.3 is 14.4 Å². The Balaban J connectivity index is 1.93. The number of anilines is 1. The van der Waals surface area contributed by atoms with Crippen LogP contribution in [0.3, 0.4) is 0 Å². The summed E-state index contributed by atoms with van der Waals surface area (Å²) in [6.07, 6.45) is 0.00532. The molecule has 8 nitrogen and oxygen atoms in total. The number of benzene rings is 3. The van der Waals surface area contributed by atoms with Crippen LogP contribution < -0.4 is 9.46 Å². The van der Waals surface area contributed by atoms with Gasteiger partial charge in [-0.1, -0.05) is 48.0 Å². The number of sulfonamides is 1. The molecule has 0 radical (unpaired) electrons. The lowest BCUT2D eigenvalue weighted by atomic mass is 10.1. The summed E-state index contributed by atoms with van der Waals surface area (Å²) in [5, 5.41) is 0. The molecule has 1 N–H and O–H groups in total. The first-order valence-electron chi connectivity index (χ1n) is 10.9. The molecule has 184 valence electrons. The van der Waals surface area contributed by atoms with E-state index < -0.39 is 21.9 Å².